The molecule has 1 unspecified atom stereocenters. The van der Waals surface area contributed by atoms with Crippen molar-refractivity contribution in [2.75, 3.05) is 7.11 Å². The third-order valence-electron chi connectivity index (χ3n) is 2.49. The minimum atomic E-state index is -0.0857. The van der Waals surface area contributed by atoms with Crippen LogP contribution in [0.2, 0.25) is 0 Å². The van der Waals surface area contributed by atoms with Gasteiger partial charge in [-0.3, -0.25) is 0 Å². The number of nitrogens with one attached hydrogen (secondary N) is 1. The van der Waals surface area contributed by atoms with Crippen LogP contribution in [0, 0.1) is 6.92 Å². The molecule has 1 aromatic heterocycles. The Morgan fingerprint density at radius 2 is 2.13 bits per heavy atom. The van der Waals surface area contributed by atoms with Gasteiger partial charge in [0.25, 0.3) is 0 Å². The molecular weight excluding hydrogens is 188 g/mol. The molecule has 0 aliphatic rings. The van der Waals surface area contributed by atoms with Gasteiger partial charge in [-0.2, -0.15) is 0 Å². The summed E-state index contributed by atoms with van der Waals surface area (Å²) in [4.78, 5) is 7.17. The van der Waals surface area contributed by atoms with Gasteiger partial charge in [0.05, 0.1) is 12.0 Å². The topological polar surface area (TPSA) is 37.9 Å². The lowest BCUT2D eigenvalue weighted by molar-refractivity contribution is 0.133. The molecule has 3 nitrogen and oxygen atoms in total. The van der Waals surface area contributed by atoms with Crippen molar-refractivity contribution in [2.24, 2.45) is 0 Å². The first kappa shape index (κ1) is 9.93. The number of benzene rings is 1. The van der Waals surface area contributed by atoms with E-state index < -0.39 is 0 Å². The number of methoxy groups -OCH3 is 1. The largest absolute Gasteiger partial charge is 0.370 e. The fourth-order valence-electron chi connectivity index (χ4n) is 1.70. The van der Waals surface area contributed by atoms with E-state index in [0.29, 0.717) is 0 Å². The Kier molecular flexibility index (Phi) is 2.83. The first-order chi connectivity index (χ1) is 7.33. The minimum absolute atomic E-state index is 0.0857. The van der Waals surface area contributed by atoms with Crippen molar-refractivity contribution in [3.05, 3.63) is 53.6 Å². The van der Waals surface area contributed by atoms with Gasteiger partial charge in [0.15, 0.2) is 0 Å². The molecule has 1 N–H and O–H groups in total. The molecule has 2 aromatic rings. The van der Waals surface area contributed by atoms with E-state index in [2.05, 4.69) is 29.0 Å². The van der Waals surface area contributed by atoms with Crippen LogP contribution in [-0.2, 0) is 4.74 Å². The van der Waals surface area contributed by atoms with Crippen LogP contribution in [-0.4, -0.2) is 17.1 Å². The Labute approximate surface area is 89.1 Å². The summed E-state index contributed by atoms with van der Waals surface area (Å²) in [5, 5.41) is 0. The lowest BCUT2D eigenvalue weighted by atomic mass is 10.0. The highest BCUT2D eigenvalue weighted by Crippen LogP contribution is 2.25. The van der Waals surface area contributed by atoms with Crippen molar-refractivity contribution < 1.29 is 4.74 Å². The Bertz CT molecular complexity index is 423. The predicted molar refractivity (Wildman–Crippen MR) is 58.6 cm³/mol. The van der Waals surface area contributed by atoms with Crippen molar-refractivity contribution >= 4 is 0 Å². The standard InChI is InChI=1S/C12H14N2O/c1-9-5-3-4-6-10(9)12(15-2)11-7-13-8-14-11/h3-8,12H,1-2H3,(H,13,14). The molecule has 1 aromatic carbocycles. The summed E-state index contributed by atoms with van der Waals surface area (Å²) >= 11 is 0. The normalized spacial score (nSPS) is 12.7. The van der Waals surface area contributed by atoms with Gasteiger partial charge in [-0.15, -0.1) is 0 Å². The summed E-state index contributed by atoms with van der Waals surface area (Å²) in [7, 11) is 1.70. The second-order valence-corrected chi connectivity index (χ2v) is 3.47. The molecule has 1 heterocycles. The Balaban J connectivity index is 2.40. The van der Waals surface area contributed by atoms with Gasteiger partial charge in [-0.25, -0.2) is 4.98 Å². The SMILES string of the molecule is COC(c1c[nH]cn1)c1ccccc1C. The highest BCUT2D eigenvalue weighted by Gasteiger charge is 2.16. The summed E-state index contributed by atoms with van der Waals surface area (Å²) in [6.07, 6.45) is 3.44. The van der Waals surface area contributed by atoms with E-state index in [9.17, 15) is 0 Å². The Hall–Kier alpha value is -1.61. The Morgan fingerprint density at radius 3 is 2.73 bits per heavy atom. The van der Waals surface area contributed by atoms with Gasteiger partial charge in [0.2, 0.25) is 0 Å². The number of hydrogen-bond acceptors (Lipinski definition) is 2. The van der Waals surface area contributed by atoms with Crippen LogP contribution in [0.5, 0.6) is 0 Å². The quantitative estimate of drug-likeness (QED) is 0.830. The average Bonchev–Trinajstić information content (AvgIpc) is 2.75. The third kappa shape index (κ3) is 1.92. The highest BCUT2D eigenvalue weighted by atomic mass is 16.5. The van der Waals surface area contributed by atoms with Gasteiger partial charge < -0.3 is 9.72 Å². The van der Waals surface area contributed by atoms with Gasteiger partial charge in [0.1, 0.15) is 6.10 Å². The molecule has 1 atom stereocenters. The molecule has 0 aliphatic carbocycles. The van der Waals surface area contributed by atoms with Crippen LogP contribution >= 0.6 is 0 Å². The van der Waals surface area contributed by atoms with E-state index in [0.717, 1.165) is 11.3 Å². The summed E-state index contributed by atoms with van der Waals surface area (Å²) in [6.45, 7) is 2.08. The van der Waals surface area contributed by atoms with E-state index >= 15 is 0 Å². The number of nitrogens with zero attached hydrogens (tertiary/aromatic N) is 1. The molecule has 0 saturated carbocycles. The first-order valence-corrected chi connectivity index (χ1v) is 4.90. The number of ether oxygens (including phenoxy) is 1. The molecule has 0 bridgehead atoms. The van der Waals surface area contributed by atoms with Gasteiger partial charge in [-0.05, 0) is 18.1 Å². The maximum Gasteiger partial charge on any atom is 0.126 e. The number of imidazole rings is 1. The fraction of sp³-hybridized carbons (Fsp3) is 0.250. The molecule has 0 aliphatic heterocycles. The van der Waals surface area contributed by atoms with Crippen LogP contribution in [0.4, 0.5) is 0 Å². The van der Waals surface area contributed by atoms with Crippen molar-refractivity contribution in [3.63, 3.8) is 0 Å². The third-order valence-corrected chi connectivity index (χ3v) is 2.49. The molecule has 0 amide bonds. The fourth-order valence-corrected chi connectivity index (χ4v) is 1.70. The number of aromatic amines is 1. The molecule has 3 heteroatoms. The number of rotatable bonds is 3. The second-order valence-electron chi connectivity index (χ2n) is 3.47. The molecule has 0 fully saturated rings. The monoisotopic (exact) mass is 202 g/mol. The van der Waals surface area contributed by atoms with Gasteiger partial charge in [-0.1, -0.05) is 24.3 Å². The maximum absolute atomic E-state index is 5.48. The van der Waals surface area contributed by atoms with Gasteiger partial charge in [0, 0.05) is 13.3 Å². The van der Waals surface area contributed by atoms with Gasteiger partial charge >= 0.3 is 0 Å². The zero-order valence-electron chi connectivity index (χ0n) is 8.90. The van der Waals surface area contributed by atoms with Crippen LogP contribution in [0.25, 0.3) is 0 Å². The molecule has 0 radical (unpaired) electrons. The smallest absolute Gasteiger partial charge is 0.126 e. The summed E-state index contributed by atoms with van der Waals surface area (Å²) in [5.41, 5.74) is 3.28. The predicted octanol–water partition coefficient (Wildman–Crippen LogP) is 2.45. The first-order valence-electron chi connectivity index (χ1n) is 4.90. The van der Waals surface area contributed by atoms with E-state index in [1.165, 1.54) is 5.56 Å². The number of H-pyrrole nitrogens is 1. The molecule has 15 heavy (non-hydrogen) atoms. The molecule has 78 valence electrons. The average molecular weight is 202 g/mol. The highest BCUT2D eigenvalue weighted by molar-refractivity contribution is 5.32. The number of aryl methyl sites for hydroxylation is 1. The number of aromatic nitrogens is 2. The van der Waals surface area contributed by atoms with Crippen LogP contribution in [0.3, 0.4) is 0 Å². The summed E-state index contributed by atoms with van der Waals surface area (Å²) < 4.78 is 5.48. The maximum atomic E-state index is 5.48. The molecule has 0 spiro atoms. The zero-order chi connectivity index (χ0) is 10.7. The minimum Gasteiger partial charge on any atom is -0.370 e. The van der Waals surface area contributed by atoms with Crippen LogP contribution in [0.1, 0.15) is 22.9 Å². The summed E-state index contributed by atoms with van der Waals surface area (Å²) in [5.74, 6) is 0. The zero-order valence-corrected chi connectivity index (χ0v) is 8.90. The van der Waals surface area contributed by atoms with Crippen molar-refractivity contribution in [1.29, 1.82) is 0 Å². The summed E-state index contributed by atoms with van der Waals surface area (Å²) in [6, 6.07) is 8.18. The van der Waals surface area contributed by atoms with Crippen molar-refractivity contribution in [3.8, 4) is 0 Å². The lowest BCUT2D eigenvalue weighted by Gasteiger charge is -2.15. The van der Waals surface area contributed by atoms with E-state index in [1.807, 2.05) is 18.3 Å². The second kappa shape index (κ2) is 4.28. The van der Waals surface area contributed by atoms with E-state index in [4.69, 9.17) is 4.74 Å². The molecule has 2 rings (SSSR count). The van der Waals surface area contributed by atoms with Crippen molar-refractivity contribution in [1.82, 2.24) is 9.97 Å². The lowest BCUT2D eigenvalue weighted by Crippen LogP contribution is -2.05. The molecular formula is C12H14N2O. The molecule has 0 saturated heterocycles. The van der Waals surface area contributed by atoms with Crippen molar-refractivity contribution in [2.45, 2.75) is 13.0 Å². The number of hydrogen-bond donors (Lipinski definition) is 1. The van der Waals surface area contributed by atoms with E-state index in [-0.39, 0.29) is 6.10 Å². The van der Waals surface area contributed by atoms with Crippen LogP contribution in [0.15, 0.2) is 36.8 Å². The van der Waals surface area contributed by atoms with E-state index in [1.54, 1.807) is 13.4 Å². The Morgan fingerprint density at radius 1 is 1.33 bits per heavy atom. The van der Waals surface area contributed by atoms with Crippen LogP contribution < -0.4 is 0 Å².